The number of anilines is 1. The Balaban J connectivity index is 1.33. The van der Waals surface area contributed by atoms with Gasteiger partial charge in [-0.2, -0.15) is 4.98 Å². The summed E-state index contributed by atoms with van der Waals surface area (Å²) in [7, 11) is -3.58. The maximum atomic E-state index is 12.4. The van der Waals surface area contributed by atoms with Gasteiger partial charge in [-0.05, 0) is 42.5 Å². The van der Waals surface area contributed by atoms with Crippen LogP contribution in [-0.4, -0.2) is 30.5 Å². The third kappa shape index (κ3) is 5.60. The third-order valence-electron chi connectivity index (χ3n) is 5.20. The Kier molecular flexibility index (Phi) is 6.38. The number of carbonyl (C=O) groups is 1. The molecule has 1 aliphatic rings. The Labute approximate surface area is 187 Å². The van der Waals surface area contributed by atoms with Crippen molar-refractivity contribution in [1.29, 1.82) is 0 Å². The third-order valence-corrected chi connectivity index (χ3v) is 6.71. The molecule has 0 unspecified atom stereocenters. The first kappa shape index (κ1) is 22.2. The predicted molar refractivity (Wildman–Crippen MR) is 121 cm³/mol. The van der Waals surface area contributed by atoms with Gasteiger partial charge in [0.2, 0.25) is 27.6 Å². The van der Waals surface area contributed by atoms with Gasteiger partial charge >= 0.3 is 0 Å². The van der Waals surface area contributed by atoms with Crippen LogP contribution in [0, 0.1) is 0 Å². The van der Waals surface area contributed by atoms with Crippen molar-refractivity contribution in [1.82, 2.24) is 14.9 Å². The zero-order valence-corrected chi connectivity index (χ0v) is 18.9. The van der Waals surface area contributed by atoms with E-state index in [1.165, 1.54) is 17.7 Å². The van der Waals surface area contributed by atoms with E-state index >= 15 is 0 Å². The van der Waals surface area contributed by atoms with Crippen LogP contribution in [0.2, 0.25) is 0 Å². The average molecular weight is 455 g/mol. The van der Waals surface area contributed by atoms with Crippen LogP contribution in [0.5, 0.6) is 0 Å². The van der Waals surface area contributed by atoms with Crippen molar-refractivity contribution < 1.29 is 17.7 Å². The van der Waals surface area contributed by atoms with Crippen LogP contribution in [0.4, 0.5) is 5.69 Å². The SMILES string of the molecule is CC(C)c1ccc(-c2noc(CCC(=O)Nc3cccc(S(=O)(=O)NC4CC4)c3)n2)cc1. The summed E-state index contributed by atoms with van der Waals surface area (Å²) in [5.41, 5.74) is 2.51. The van der Waals surface area contributed by atoms with Gasteiger partial charge in [0, 0.05) is 30.1 Å². The lowest BCUT2D eigenvalue weighted by molar-refractivity contribution is -0.116. The molecule has 0 radical (unpaired) electrons. The Morgan fingerprint density at radius 3 is 2.59 bits per heavy atom. The van der Waals surface area contributed by atoms with E-state index in [1.807, 2.05) is 24.3 Å². The number of nitrogens with zero attached hydrogens (tertiary/aromatic N) is 2. The molecule has 2 N–H and O–H groups in total. The van der Waals surface area contributed by atoms with E-state index in [2.05, 4.69) is 34.0 Å². The molecule has 1 fully saturated rings. The quantitative estimate of drug-likeness (QED) is 0.507. The molecule has 0 atom stereocenters. The molecule has 4 rings (SSSR count). The van der Waals surface area contributed by atoms with Gasteiger partial charge in [-0.25, -0.2) is 13.1 Å². The lowest BCUT2D eigenvalue weighted by Crippen LogP contribution is -2.25. The van der Waals surface area contributed by atoms with Crippen LogP contribution < -0.4 is 10.0 Å². The summed E-state index contributed by atoms with van der Waals surface area (Å²) in [6.07, 6.45) is 2.13. The molecule has 2 aromatic carbocycles. The maximum absolute atomic E-state index is 12.4. The predicted octanol–water partition coefficient (Wildman–Crippen LogP) is 3.87. The normalized spacial score (nSPS) is 14.0. The highest BCUT2D eigenvalue weighted by atomic mass is 32.2. The van der Waals surface area contributed by atoms with Gasteiger partial charge in [0.1, 0.15) is 0 Å². The van der Waals surface area contributed by atoms with Gasteiger partial charge in [-0.1, -0.05) is 49.3 Å². The van der Waals surface area contributed by atoms with E-state index in [4.69, 9.17) is 4.52 Å². The Hall–Kier alpha value is -3.04. The summed E-state index contributed by atoms with van der Waals surface area (Å²) in [6.45, 7) is 4.26. The molecule has 0 spiro atoms. The van der Waals surface area contributed by atoms with Gasteiger partial charge in [0.05, 0.1) is 4.90 Å². The van der Waals surface area contributed by atoms with Crippen molar-refractivity contribution in [2.24, 2.45) is 0 Å². The second-order valence-electron chi connectivity index (χ2n) is 8.26. The highest BCUT2D eigenvalue weighted by Crippen LogP contribution is 2.24. The van der Waals surface area contributed by atoms with Crippen LogP contribution in [-0.2, 0) is 21.2 Å². The lowest BCUT2D eigenvalue weighted by Gasteiger charge is -2.08. The molecular weight excluding hydrogens is 428 g/mol. The number of hydrogen-bond donors (Lipinski definition) is 2. The fourth-order valence-corrected chi connectivity index (χ4v) is 4.51. The number of carbonyl (C=O) groups excluding carboxylic acids is 1. The van der Waals surface area contributed by atoms with E-state index in [0.29, 0.717) is 23.3 Å². The number of aromatic nitrogens is 2. The molecule has 1 amide bonds. The minimum absolute atomic E-state index is 0.0192. The molecule has 1 heterocycles. The van der Waals surface area contributed by atoms with Gasteiger partial charge in [-0.15, -0.1) is 0 Å². The number of benzene rings is 2. The van der Waals surface area contributed by atoms with Crippen molar-refractivity contribution in [2.45, 2.75) is 56.4 Å². The molecule has 1 aromatic heterocycles. The number of amides is 1. The van der Waals surface area contributed by atoms with Gasteiger partial charge in [0.25, 0.3) is 0 Å². The molecule has 3 aromatic rings. The summed E-state index contributed by atoms with van der Waals surface area (Å²) < 4.78 is 32.6. The van der Waals surface area contributed by atoms with Crippen LogP contribution in [0.25, 0.3) is 11.4 Å². The first-order valence-corrected chi connectivity index (χ1v) is 12.1. The highest BCUT2D eigenvalue weighted by molar-refractivity contribution is 7.89. The minimum atomic E-state index is -3.58. The van der Waals surface area contributed by atoms with Crippen molar-refractivity contribution in [3.05, 3.63) is 60.0 Å². The first-order valence-electron chi connectivity index (χ1n) is 10.7. The topological polar surface area (TPSA) is 114 Å². The number of rotatable bonds is 9. The maximum Gasteiger partial charge on any atom is 0.240 e. The van der Waals surface area contributed by atoms with Gasteiger partial charge < -0.3 is 9.84 Å². The molecule has 9 heteroatoms. The summed E-state index contributed by atoms with van der Waals surface area (Å²) in [5.74, 6) is 1.03. The Morgan fingerprint density at radius 1 is 1.16 bits per heavy atom. The van der Waals surface area contributed by atoms with Crippen LogP contribution >= 0.6 is 0 Å². The van der Waals surface area contributed by atoms with Crippen molar-refractivity contribution in [2.75, 3.05) is 5.32 Å². The Bertz CT molecular complexity index is 1200. The minimum Gasteiger partial charge on any atom is -0.339 e. The first-order chi connectivity index (χ1) is 15.3. The van der Waals surface area contributed by atoms with Gasteiger partial charge in [-0.3, -0.25) is 4.79 Å². The van der Waals surface area contributed by atoms with E-state index in [0.717, 1.165) is 18.4 Å². The van der Waals surface area contributed by atoms with Gasteiger partial charge in [0.15, 0.2) is 0 Å². The zero-order chi connectivity index (χ0) is 22.7. The smallest absolute Gasteiger partial charge is 0.240 e. The van der Waals surface area contributed by atoms with E-state index in [-0.39, 0.29) is 29.7 Å². The molecule has 32 heavy (non-hydrogen) atoms. The standard InChI is InChI=1S/C23H26N4O4S/c1-15(2)16-6-8-17(9-7-16)23-25-22(31-26-23)13-12-21(28)24-19-4-3-5-20(14-19)32(29,30)27-18-10-11-18/h3-9,14-15,18,27H,10-13H2,1-2H3,(H,24,28). The van der Waals surface area contributed by atoms with E-state index in [9.17, 15) is 13.2 Å². The fraction of sp³-hybridized carbons (Fsp3) is 0.348. The summed E-state index contributed by atoms with van der Waals surface area (Å²) in [5, 5.41) is 6.73. The molecular formula is C23H26N4O4S. The van der Waals surface area contributed by atoms with Crippen LogP contribution in [0.1, 0.15) is 50.5 Å². The molecule has 0 bridgehead atoms. The van der Waals surface area contributed by atoms with Crippen LogP contribution in [0.15, 0.2) is 57.9 Å². The molecule has 0 aliphatic heterocycles. The van der Waals surface area contributed by atoms with E-state index < -0.39 is 10.0 Å². The largest absolute Gasteiger partial charge is 0.339 e. The second kappa shape index (κ2) is 9.22. The Morgan fingerprint density at radius 2 is 1.91 bits per heavy atom. The van der Waals surface area contributed by atoms with Crippen molar-refractivity contribution in [3.8, 4) is 11.4 Å². The second-order valence-corrected chi connectivity index (χ2v) is 9.97. The molecule has 1 aliphatic carbocycles. The molecule has 168 valence electrons. The van der Waals surface area contributed by atoms with Crippen molar-refractivity contribution >= 4 is 21.6 Å². The molecule has 0 saturated heterocycles. The zero-order valence-electron chi connectivity index (χ0n) is 18.0. The van der Waals surface area contributed by atoms with Crippen LogP contribution in [0.3, 0.4) is 0 Å². The monoisotopic (exact) mass is 454 g/mol. The number of nitrogens with one attached hydrogen (secondary N) is 2. The summed E-state index contributed by atoms with van der Waals surface area (Å²) in [4.78, 5) is 16.8. The van der Waals surface area contributed by atoms with Crippen molar-refractivity contribution in [3.63, 3.8) is 0 Å². The number of hydrogen-bond acceptors (Lipinski definition) is 6. The number of aryl methyl sites for hydroxylation is 1. The lowest BCUT2D eigenvalue weighted by atomic mass is 10.0. The fourth-order valence-electron chi connectivity index (χ4n) is 3.16. The number of sulfonamides is 1. The summed E-state index contributed by atoms with van der Waals surface area (Å²) in [6, 6.07) is 14.2. The van der Waals surface area contributed by atoms with E-state index in [1.54, 1.807) is 12.1 Å². The molecule has 8 nitrogen and oxygen atoms in total. The average Bonchev–Trinajstić information content (AvgIpc) is 3.44. The molecule has 1 saturated carbocycles. The summed E-state index contributed by atoms with van der Waals surface area (Å²) >= 11 is 0. The highest BCUT2D eigenvalue weighted by Gasteiger charge is 2.28.